The number of fused-ring (bicyclic) bond motifs is 1. The maximum atomic E-state index is 12.1. The lowest BCUT2D eigenvalue weighted by molar-refractivity contribution is 0.0947. The van der Waals surface area contributed by atoms with Crippen LogP contribution >= 0.6 is 0 Å². The maximum absolute atomic E-state index is 12.1. The zero-order valence-corrected chi connectivity index (χ0v) is 10.6. The molecule has 1 heterocycles. The lowest BCUT2D eigenvalue weighted by atomic mass is 10.2. The second kappa shape index (κ2) is 5.05. The van der Waals surface area contributed by atoms with Gasteiger partial charge in [-0.1, -0.05) is 30.3 Å². The molecule has 5 heteroatoms. The van der Waals surface area contributed by atoms with E-state index < -0.39 is 0 Å². The van der Waals surface area contributed by atoms with Crippen molar-refractivity contribution in [3.8, 4) is 5.75 Å². The summed E-state index contributed by atoms with van der Waals surface area (Å²) in [5.41, 5.74) is 2.14. The van der Waals surface area contributed by atoms with Gasteiger partial charge in [-0.15, -0.1) is 0 Å². The monoisotopic (exact) mass is 267 g/mol. The highest BCUT2D eigenvalue weighted by Crippen LogP contribution is 2.15. The Hall–Kier alpha value is -2.82. The number of nitrogens with one attached hydrogen (secondary N) is 2. The standard InChI is InChI=1S/C15H13N3O2/c19-11-7-5-10(6-8-11)9-16-15(20)14-12-3-1-2-4-13(12)17-18-14/h1-8,19H,9H2,(H,16,20)(H,17,18). The van der Waals surface area contributed by atoms with Crippen LogP contribution in [-0.2, 0) is 6.54 Å². The molecular weight excluding hydrogens is 254 g/mol. The molecule has 100 valence electrons. The molecule has 0 bridgehead atoms. The van der Waals surface area contributed by atoms with Crippen LogP contribution in [0.4, 0.5) is 0 Å². The number of phenols is 1. The van der Waals surface area contributed by atoms with Crippen LogP contribution in [0.3, 0.4) is 0 Å². The first-order valence-corrected chi connectivity index (χ1v) is 6.23. The topological polar surface area (TPSA) is 78.0 Å². The third-order valence-corrected chi connectivity index (χ3v) is 3.07. The summed E-state index contributed by atoms with van der Waals surface area (Å²) in [6, 6.07) is 14.2. The van der Waals surface area contributed by atoms with E-state index in [9.17, 15) is 9.90 Å². The number of aromatic hydroxyl groups is 1. The molecule has 0 atom stereocenters. The molecule has 20 heavy (non-hydrogen) atoms. The molecule has 0 fully saturated rings. The Bertz CT molecular complexity index is 747. The van der Waals surface area contributed by atoms with Gasteiger partial charge in [0.15, 0.2) is 5.69 Å². The van der Waals surface area contributed by atoms with E-state index in [1.54, 1.807) is 24.3 Å². The molecule has 0 radical (unpaired) electrons. The first-order chi connectivity index (χ1) is 9.74. The molecule has 1 amide bonds. The molecule has 1 aromatic heterocycles. The van der Waals surface area contributed by atoms with E-state index in [0.717, 1.165) is 16.5 Å². The molecule has 5 nitrogen and oxygen atoms in total. The number of benzene rings is 2. The molecule has 0 unspecified atom stereocenters. The van der Waals surface area contributed by atoms with Crippen LogP contribution in [0.15, 0.2) is 48.5 Å². The molecule has 0 aliphatic carbocycles. The molecule has 0 spiro atoms. The van der Waals surface area contributed by atoms with Gasteiger partial charge in [0.2, 0.25) is 0 Å². The Kier molecular flexibility index (Phi) is 3.09. The van der Waals surface area contributed by atoms with Crippen LogP contribution in [0.2, 0.25) is 0 Å². The fourth-order valence-corrected chi connectivity index (χ4v) is 2.02. The van der Waals surface area contributed by atoms with Gasteiger partial charge in [-0.2, -0.15) is 5.10 Å². The highest BCUT2D eigenvalue weighted by Gasteiger charge is 2.13. The quantitative estimate of drug-likeness (QED) is 0.680. The van der Waals surface area contributed by atoms with Crippen molar-refractivity contribution in [1.82, 2.24) is 15.5 Å². The summed E-state index contributed by atoms with van der Waals surface area (Å²) in [7, 11) is 0. The van der Waals surface area contributed by atoms with Gasteiger partial charge in [0.25, 0.3) is 5.91 Å². The van der Waals surface area contributed by atoms with Crippen molar-refractivity contribution in [2.45, 2.75) is 6.54 Å². The largest absolute Gasteiger partial charge is 0.508 e. The van der Waals surface area contributed by atoms with E-state index in [2.05, 4.69) is 15.5 Å². The predicted molar refractivity (Wildman–Crippen MR) is 75.4 cm³/mol. The van der Waals surface area contributed by atoms with E-state index in [-0.39, 0.29) is 11.7 Å². The third kappa shape index (κ3) is 2.33. The van der Waals surface area contributed by atoms with Crippen LogP contribution in [0.25, 0.3) is 10.9 Å². The summed E-state index contributed by atoms with van der Waals surface area (Å²) in [6.07, 6.45) is 0. The number of H-pyrrole nitrogens is 1. The van der Waals surface area contributed by atoms with E-state index in [1.165, 1.54) is 0 Å². The lowest BCUT2D eigenvalue weighted by Gasteiger charge is -2.04. The minimum absolute atomic E-state index is 0.207. The van der Waals surface area contributed by atoms with Crippen LogP contribution in [0, 0.1) is 0 Å². The van der Waals surface area contributed by atoms with Crippen LogP contribution in [0.1, 0.15) is 16.1 Å². The Morgan fingerprint density at radius 3 is 2.70 bits per heavy atom. The smallest absolute Gasteiger partial charge is 0.272 e. The Balaban J connectivity index is 1.75. The molecule has 0 saturated heterocycles. The predicted octanol–water partition coefficient (Wildman–Crippen LogP) is 2.20. The van der Waals surface area contributed by atoms with Gasteiger partial charge >= 0.3 is 0 Å². The number of phenolic OH excluding ortho intramolecular Hbond substituents is 1. The number of hydrogen-bond acceptors (Lipinski definition) is 3. The zero-order chi connectivity index (χ0) is 13.9. The number of para-hydroxylation sites is 1. The number of carbonyl (C=O) groups excluding carboxylic acids is 1. The van der Waals surface area contributed by atoms with Crippen LogP contribution in [-0.4, -0.2) is 21.2 Å². The first kappa shape index (κ1) is 12.2. The summed E-state index contributed by atoms with van der Waals surface area (Å²) in [6.45, 7) is 0.389. The average molecular weight is 267 g/mol. The normalized spacial score (nSPS) is 10.6. The zero-order valence-electron chi connectivity index (χ0n) is 10.6. The van der Waals surface area contributed by atoms with Crippen molar-refractivity contribution in [2.75, 3.05) is 0 Å². The van der Waals surface area contributed by atoms with Gasteiger partial charge in [-0.3, -0.25) is 9.89 Å². The Labute approximate surface area is 115 Å². The molecule has 3 N–H and O–H groups in total. The van der Waals surface area contributed by atoms with Crippen molar-refractivity contribution in [1.29, 1.82) is 0 Å². The number of aromatic amines is 1. The number of nitrogens with zero attached hydrogens (tertiary/aromatic N) is 1. The molecule has 3 aromatic rings. The second-order valence-corrected chi connectivity index (χ2v) is 4.47. The SMILES string of the molecule is O=C(NCc1ccc(O)cc1)c1n[nH]c2ccccc12. The van der Waals surface area contributed by atoms with Crippen molar-refractivity contribution in [3.63, 3.8) is 0 Å². The highest BCUT2D eigenvalue weighted by molar-refractivity contribution is 6.04. The Morgan fingerprint density at radius 1 is 1.15 bits per heavy atom. The molecule has 0 aliphatic heterocycles. The van der Waals surface area contributed by atoms with Gasteiger partial charge in [0, 0.05) is 11.9 Å². The van der Waals surface area contributed by atoms with Crippen molar-refractivity contribution < 1.29 is 9.90 Å². The molecule has 2 aromatic carbocycles. The van der Waals surface area contributed by atoms with E-state index >= 15 is 0 Å². The average Bonchev–Trinajstić information content (AvgIpc) is 2.90. The van der Waals surface area contributed by atoms with Gasteiger partial charge in [-0.05, 0) is 23.8 Å². The lowest BCUT2D eigenvalue weighted by Crippen LogP contribution is -2.23. The number of rotatable bonds is 3. The van der Waals surface area contributed by atoms with E-state index in [0.29, 0.717) is 12.2 Å². The molecule has 0 aliphatic rings. The maximum Gasteiger partial charge on any atom is 0.272 e. The van der Waals surface area contributed by atoms with Gasteiger partial charge in [-0.25, -0.2) is 0 Å². The van der Waals surface area contributed by atoms with Gasteiger partial charge in [0.1, 0.15) is 5.75 Å². The minimum Gasteiger partial charge on any atom is -0.508 e. The second-order valence-electron chi connectivity index (χ2n) is 4.47. The van der Waals surface area contributed by atoms with Crippen LogP contribution in [0.5, 0.6) is 5.75 Å². The summed E-state index contributed by atoms with van der Waals surface area (Å²) >= 11 is 0. The molecular formula is C15H13N3O2. The van der Waals surface area contributed by atoms with E-state index in [4.69, 9.17) is 0 Å². The van der Waals surface area contributed by atoms with Crippen LogP contribution < -0.4 is 5.32 Å². The van der Waals surface area contributed by atoms with Gasteiger partial charge in [0.05, 0.1) is 5.52 Å². The van der Waals surface area contributed by atoms with E-state index in [1.807, 2.05) is 24.3 Å². The Morgan fingerprint density at radius 2 is 1.90 bits per heavy atom. The van der Waals surface area contributed by atoms with Crippen molar-refractivity contribution in [3.05, 3.63) is 59.8 Å². The van der Waals surface area contributed by atoms with Gasteiger partial charge < -0.3 is 10.4 Å². The van der Waals surface area contributed by atoms with Crippen molar-refractivity contribution in [2.24, 2.45) is 0 Å². The summed E-state index contributed by atoms with van der Waals surface area (Å²) in [5, 5.41) is 19.7. The summed E-state index contributed by atoms with van der Waals surface area (Å²) in [5.74, 6) is -0.0195. The highest BCUT2D eigenvalue weighted by atomic mass is 16.3. The number of aromatic nitrogens is 2. The number of carbonyl (C=O) groups is 1. The number of hydrogen-bond donors (Lipinski definition) is 3. The molecule has 3 rings (SSSR count). The fourth-order valence-electron chi connectivity index (χ4n) is 2.02. The van der Waals surface area contributed by atoms with Crippen molar-refractivity contribution >= 4 is 16.8 Å². The number of amides is 1. The summed E-state index contributed by atoms with van der Waals surface area (Å²) in [4.78, 5) is 12.1. The minimum atomic E-state index is -0.226. The fraction of sp³-hybridized carbons (Fsp3) is 0.0667. The third-order valence-electron chi connectivity index (χ3n) is 3.07. The summed E-state index contributed by atoms with van der Waals surface area (Å²) < 4.78 is 0. The molecule has 0 saturated carbocycles. The first-order valence-electron chi connectivity index (χ1n) is 6.23.